The van der Waals surface area contributed by atoms with Crippen LogP contribution in [-0.2, 0) is 23.6 Å². The van der Waals surface area contributed by atoms with Gasteiger partial charge in [-0.05, 0) is 49.3 Å². The van der Waals surface area contributed by atoms with Gasteiger partial charge in [-0.2, -0.15) is 9.40 Å². The molecule has 0 radical (unpaired) electrons. The molecular weight excluding hydrogens is 398 g/mol. The Morgan fingerprint density at radius 2 is 1.93 bits per heavy atom. The maximum atomic E-state index is 12.9. The molecule has 1 amide bonds. The highest BCUT2D eigenvalue weighted by Crippen LogP contribution is 2.26. The van der Waals surface area contributed by atoms with Crippen LogP contribution in [0.4, 0.5) is 0 Å². The maximum absolute atomic E-state index is 12.9. The first-order valence-corrected chi connectivity index (χ1v) is 11.1. The van der Waals surface area contributed by atoms with E-state index in [2.05, 4.69) is 15.5 Å². The number of hydrogen-bond donors (Lipinski definition) is 2. The van der Waals surface area contributed by atoms with Crippen LogP contribution in [0.3, 0.4) is 0 Å². The molecule has 8 nitrogen and oxygen atoms in total. The Kier molecular flexibility index (Phi) is 6.31. The largest absolute Gasteiger partial charge is 0.345 e. The van der Waals surface area contributed by atoms with Crippen molar-refractivity contribution in [3.05, 3.63) is 40.4 Å². The average Bonchev–Trinajstić information content (AvgIpc) is 3.04. The molecule has 2 N–H and O–H groups in total. The lowest BCUT2D eigenvalue weighted by atomic mass is 9.96. The average molecular weight is 424 g/mol. The lowest BCUT2D eigenvalue weighted by Gasteiger charge is -2.30. The van der Waals surface area contributed by atoms with Gasteiger partial charge < -0.3 is 9.88 Å². The Morgan fingerprint density at radius 3 is 2.50 bits per heavy atom. The number of hydrogen-bond acceptors (Lipinski definition) is 5. The summed E-state index contributed by atoms with van der Waals surface area (Å²) >= 11 is 5.04. The third-order valence-electron chi connectivity index (χ3n) is 5.26. The number of aromatic nitrogens is 3. The highest BCUT2D eigenvalue weighted by atomic mass is 32.2. The summed E-state index contributed by atoms with van der Waals surface area (Å²) < 4.78 is 29.4. The van der Waals surface area contributed by atoms with Crippen molar-refractivity contribution in [2.24, 2.45) is 7.05 Å². The van der Waals surface area contributed by atoms with Crippen molar-refractivity contribution < 1.29 is 13.2 Å². The van der Waals surface area contributed by atoms with Crippen LogP contribution < -0.4 is 5.32 Å². The quantitative estimate of drug-likeness (QED) is 0.695. The molecule has 1 heterocycles. The van der Waals surface area contributed by atoms with Crippen LogP contribution in [0.25, 0.3) is 0 Å². The molecule has 1 aromatic heterocycles. The molecule has 28 heavy (non-hydrogen) atoms. The SMILES string of the molecule is CN(C1CCCCC1)S(=O)(=O)c1ccc(C(=O)NCc2n[nH]c(=S)n2C)cc1. The van der Waals surface area contributed by atoms with Crippen LogP contribution in [0, 0.1) is 4.77 Å². The minimum Gasteiger partial charge on any atom is -0.345 e. The Balaban J connectivity index is 1.67. The molecule has 0 spiro atoms. The minimum absolute atomic E-state index is 0.0468. The lowest BCUT2D eigenvalue weighted by molar-refractivity contribution is 0.0949. The van der Waals surface area contributed by atoms with E-state index in [4.69, 9.17) is 12.2 Å². The molecule has 0 bridgehead atoms. The summed E-state index contributed by atoms with van der Waals surface area (Å²) in [6.07, 6.45) is 5.08. The van der Waals surface area contributed by atoms with Crippen LogP contribution >= 0.6 is 12.2 Å². The molecule has 1 aliphatic rings. The topological polar surface area (TPSA) is 100 Å². The molecule has 1 aliphatic carbocycles. The standard InChI is InChI=1S/C18H25N5O3S2/c1-22-16(20-21-18(22)27)12-19-17(24)13-8-10-15(11-9-13)28(25,26)23(2)14-6-4-3-5-7-14/h8-11,14H,3-7,12H2,1-2H3,(H,19,24)(H,21,27). The van der Waals surface area contributed by atoms with Crippen molar-refractivity contribution >= 4 is 28.1 Å². The second-order valence-corrected chi connectivity index (χ2v) is 9.41. The fourth-order valence-corrected chi connectivity index (χ4v) is 4.95. The first kappa shape index (κ1) is 20.7. The van der Waals surface area contributed by atoms with E-state index >= 15 is 0 Å². The fourth-order valence-electron chi connectivity index (χ4n) is 3.38. The molecule has 1 aromatic carbocycles. The van der Waals surface area contributed by atoms with E-state index in [1.165, 1.54) is 28.6 Å². The van der Waals surface area contributed by atoms with Crippen LogP contribution in [0.2, 0.25) is 0 Å². The van der Waals surface area contributed by atoms with E-state index in [0.717, 1.165) is 32.1 Å². The van der Waals surface area contributed by atoms with Gasteiger partial charge in [-0.1, -0.05) is 19.3 Å². The molecule has 0 saturated heterocycles. The third kappa shape index (κ3) is 4.34. The predicted molar refractivity (Wildman–Crippen MR) is 108 cm³/mol. The van der Waals surface area contributed by atoms with Crippen molar-refractivity contribution in [3.8, 4) is 0 Å². The summed E-state index contributed by atoms with van der Waals surface area (Å²) in [7, 11) is -0.165. The summed E-state index contributed by atoms with van der Waals surface area (Å²) in [5.41, 5.74) is 0.385. The van der Waals surface area contributed by atoms with Gasteiger partial charge in [0.15, 0.2) is 10.6 Å². The molecule has 152 valence electrons. The zero-order valence-electron chi connectivity index (χ0n) is 16.0. The number of sulfonamides is 1. The predicted octanol–water partition coefficient (Wildman–Crippen LogP) is 2.36. The number of H-pyrrole nitrogens is 1. The molecule has 10 heteroatoms. The Labute approximate surface area is 170 Å². The number of carbonyl (C=O) groups excluding carboxylic acids is 1. The van der Waals surface area contributed by atoms with E-state index in [-0.39, 0.29) is 23.4 Å². The first-order chi connectivity index (χ1) is 13.3. The maximum Gasteiger partial charge on any atom is 0.251 e. The van der Waals surface area contributed by atoms with Gasteiger partial charge in [0.05, 0.1) is 11.4 Å². The second kappa shape index (κ2) is 8.54. The molecule has 0 atom stereocenters. The molecule has 0 aliphatic heterocycles. The zero-order valence-corrected chi connectivity index (χ0v) is 17.6. The van der Waals surface area contributed by atoms with Gasteiger partial charge in [-0.3, -0.25) is 9.89 Å². The molecule has 0 unspecified atom stereocenters. The van der Waals surface area contributed by atoms with E-state index in [1.54, 1.807) is 18.7 Å². The number of nitrogens with zero attached hydrogens (tertiary/aromatic N) is 3. The Morgan fingerprint density at radius 1 is 1.29 bits per heavy atom. The second-order valence-electron chi connectivity index (χ2n) is 7.02. The normalized spacial score (nSPS) is 15.7. The number of rotatable bonds is 6. The van der Waals surface area contributed by atoms with Gasteiger partial charge in [-0.15, -0.1) is 0 Å². The number of nitrogens with one attached hydrogen (secondary N) is 2. The molecule has 2 aromatic rings. The van der Waals surface area contributed by atoms with Crippen LogP contribution in [0.1, 0.15) is 48.3 Å². The highest BCUT2D eigenvalue weighted by molar-refractivity contribution is 7.89. The smallest absolute Gasteiger partial charge is 0.251 e. The van der Waals surface area contributed by atoms with E-state index < -0.39 is 10.0 Å². The third-order valence-corrected chi connectivity index (χ3v) is 7.55. The monoisotopic (exact) mass is 423 g/mol. The number of aromatic amines is 1. The van der Waals surface area contributed by atoms with Crippen molar-refractivity contribution in [2.45, 2.75) is 49.6 Å². The number of benzene rings is 1. The van der Waals surface area contributed by atoms with Gasteiger partial charge in [0, 0.05) is 25.7 Å². The summed E-state index contributed by atoms with van der Waals surface area (Å²) in [4.78, 5) is 12.5. The molecular formula is C18H25N5O3S2. The summed E-state index contributed by atoms with van der Waals surface area (Å²) in [5.74, 6) is 0.296. The fraction of sp³-hybridized carbons (Fsp3) is 0.500. The van der Waals surface area contributed by atoms with Crippen LogP contribution in [-0.4, -0.2) is 46.5 Å². The van der Waals surface area contributed by atoms with Crippen LogP contribution in [0.15, 0.2) is 29.2 Å². The first-order valence-electron chi connectivity index (χ1n) is 9.27. The summed E-state index contributed by atoms with van der Waals surface area (Å²) in [6.45, 7) is 0.215. The van der Waals surface area contributed by atoms with Gasteiger partial charge >= 0.3 is 0 Å². The van der Waals surface area contributed by atoms with Gasteiger partial charge in [0.2, 0.25) is 10.0 Å². The Hall–Kier alpha value is -2.04. The van der Waals surface area contributed by atoms with Gasteiger partial charge in [-0.25, -0.2) is 8.42 Å². The number of carbonyl (C=O) groups is 1. The van der Waals surface area contributed by atoms with Gasteiger partial charge in [0.1, 0.15) is 0 Å². The van der Waals surface area contributed by atoms with Crippen molar-refractivity contribution in [3.63, 3.8) is 0 Å². The van der Waals surface area contributed by atoms with Crippen molar-refractivity contribution in [1.82, 2.24) is 24.4 Å². The van der Waals surface area contributed by atoms with Gasteiger partial charge in [0.25, 0.3) is 5.91 Å². The number of amides is 1. The van der Waals surface area contributed by atoms with E-state index in [1.807, 2.05) is 0 Å². The zero-order chi connectivity index (χ0) is 20.3. The minimum atomic E-state index is -3.57. The van der Waals surface area contributed by atoms with E-state index in [0.29, 0.717) is 16.2 Å². The highest BCUT2D eigenvalue weighted by Gasteiger charge is 2.29. The Bertz CT molecular complexity index is 989. The summed E-state index contributed by atoms with van der Waals surface area (Å²) in [6, 6.07) is 6.07. The van der Waals surface area contributed by atoms with Crippen molar-refractivity contribution in [1.29, 1.82) is 0 Å². The van der Waals surface area contributed by atoms with Crippen LogP contribution in [0.5, 0.6) is 0 Å². The molecule has 1 saturated carbocycles. The molecule has 1 fully saturated rings. The summed E-state index contributed by atoms with van der Waals surface area (Å²) in [5, 5.41) is 9.45. The lowest BCUT2D eigenvalue weighted by Crippen LogP contribution is -2.38. The van der Waals surface area contributed by atoms with Crippen molar-refractivity contribution in [2.75, 3.05) is 7.05 Å². The molecule has 3 rings (SSSR count). The van der Waals surface area contributed by atoms with E-state index in [9.17, 15) is 13.2 Å².